The summed E-state index contributed by atoms with van der Waals surface area (Å²) in [5, 5.41) is 11.5. The van der Waals surface area contributed by atoms with E-state index in [4.69, 9.17) is 15.6 Å². The van der Waals surface area contributed by atoms with Crippen LogP contribution in [0.2, 0.25) is 0 Å². The first-order chi connectivity index (χ1) is 9.10. The molecule has 1 aromatic rings. The Morgan fingerprint density at radius 2 is 2.00 bits per heavy atom. The van der Waals surface area contributed by atoms with E-state index in [1.165, 1.54) is 6.07 Å². The third kappa shape index (κ3) is 4.82. The van der Waals surface area contributed by atoms with E-state index in [0.29, 0.717) is 15.7 Å². The van der Waals surface area contributed by atoms with Gasteiger partial charge >= 0.3 is 12.1 Å². The van der Waals surface area contributed by atoms with Gasteiger partial charge < -0.3 is 15.6 Å². The number of anilines is 1. The molecule has 4 N–H and O–H groups in total. The molecule has 1 aromatic carbocycles. The third-order valence-electron chi connectivity index (χ3n) is 2.25. The van der Waals surface area contributed by atoms with Gasteiger partial charge in [0.1, 0.15) is 11.6 Å². The van der Waals surface area contributed by atoms with Crippen LogP contribution >= 0.6 is 15.9 Å². The van der Waals surface area contributed by atoms with Crippen LogP contribution in [0, 0.1) is 0 Å². The molecular weight excluding hydrogens is 328 g/mol. The van der Waals surface area contributed by atoms with Crippen molar-refractivity contribution in [2.24, 2.45) is 5.73 Å². The first-order valence-corrected chi connectivity index (χ1v) is 6.67. The number of carbonyl (C=O) groups excluding carboxylic acids is 1. The number of aliphatic carboxylic acids is 1. The highest BCUT2D eigenvalue weighted by molar-refractivity contribution is 9.10. The van der Waals surface area contributed by atoms with Crippen LogP contribution in [0.15, 0.2) is 22.7 Å². The van der Waals surface area contributed by atoms with Crippen LogP contribution in [0.5, 0.6) is 0 Å². The predicted molar refractivity (Wildman–Crippen MR) is 78.6 cm³/mol. The molecule has 0 saturated carbocycles. The molecular formula is C13H17BrN2O4. The largest absolute Gasteiger partial charge is 0.480 e. The fraction of sp³-hybridized carbons (Fsp3) is 0.385. The minimum atomic E-state index is -1.23. The number of carbonyl (C=O) groups is 2. The summed E-state index contributed by atoms with van der Waals surface area (Å²) in [6, 6.07) is 3.53. The molecule has 0 aliphatic heterocycles. The summed E-state index contributed by atoms with van der Waals surface area (Å²) < 4.78 is 5.81. The lowest BCUT2D eigenvalue weighted by Crippen LogP contribution is -2.28. The Labute approximate surface area is 125 Å². The summed E-state index contributed by atoms with van der Waals surface area (Å²) in [5.74, 6) is -1.18. The summed E-state index contributed by atoms with van der Waals surface area (Å²) >= 11 is 3.25. The van der Waals surface area contributed by atoms with E-state index in [2.05, 4.69) is 21.2 Å². The SMILES string of the molecule is CC(C)(C)OC(=O)Nc1cc(Br)ccc1C(N)C(=O)O. The Morgan fingerprint density at radius 3 is 2.50 bits per heavy atom. The maximum Gasteiger partial charge on any atom is 0.412 e. The Kier molecular flexibility index (Phi) is 5.13. The van der Waals surface area contributed by atoms with E-state index < -0.39 is 23.7 Å². The van der Waals surface area contributed by atoms with Crippen molar-refractivity contribution in [3.63, 3.8) is 0 Å². The van der Waals surface area contributed by atoms with E-state index >= 15 is 0 Å². The molecule has 0 heterocycles. The molecule has 0 bridgehead atoms. The Bertz CT molecular complexity index is 526. The summed E-state index contributed by atoms with van der Waals surface area (Å²) in [6.45, 7) is 5.20. The number of rotatable bonds is 3. The third-order valence-corrected chi connectivity index (χ3v) is 2.75. The van der Waals surface area contributed by atoms with Crippen LogP contribution in [0.3, 0.4) is 0 Å². The molecule has 0 saturated heterocycles. The first-order valence-electron chi connectivity index (χ1n) is 5.88. The van der Waals surface area contributed by atoms with Crippen molar-refractivity contribution in [3.8, 4) is 0 Å². The molecule has 0 aliphatic rings. The van der Waals surface area contributed by atoms with E-state index in [0.717, 1.165) is 0 Å². The number of hydrogen-bond acceptors (Lipinski definition) is 4. The molecule has 0 radical (unpaired) electrons. The van der Waals surface area contributed by atoms with Gasteiger partial charge in [-0.05, 0) is 32.9 Å². The van der Waals surface area contributed by atoms with Crippen LogP contribution in [0.25, 0.3) is 0 Å². The van der Waals surface area contributed by atoms with Gasteiger partial charge in [0.2, 0.25) is 0 Å². The second-order valence-electron chi connectivity index (χ2n) is 5.17. The number of nitrogens with two attached hydrogens (primary N) is 1. The van der Waals surface area contributed by atoms with Gasteiger partial charge in [-0.1, -0.05) is 22.0 Å². The number of halogens is 1. The molecule has 0 fully saturated rings. The maximum absolute atomic E-state index is 11.7. The van der Waals surface area contributed by atoms with Gasteiger partial charge in [-0.25, -0.2) is 4.79 Å². The van der Waals surface area contributed by atoms with E-state index in [1.54, 1.807) is 32.9 Å². The van der Waals surface area contributed by atoms with Crippen LogP contribution in [-0.2, 0) is 9.53 Å². The zero-order chi connectivity index (χ0) is 15.5. The average molecular weight is 345 g/mol. The second kappa shape index (κ2) is 6.23. The molecule has 7 heteroatoms. The van der Waals surface area contributed by atoms with Crippen molar-refractivity contribution in [2.75, 3.05) is 5.32 Å². The van der Waals surface area contributed by atoms with Crippen molar-refractivity contribution in [3.05, 3.63) is 28.2 Å². The highest BCUT2D eigenvalue weighted by atomic mass is 79.9. The number of benzene rings is 1. The number of hydrogen-bond donors (Lipinski definition) is 3. The van der Waals surface area contributed by atoms with Crippen LogP contribution < -0.4 is 11.1 Å². The molecule has 20 heavy (non-hydrogen) atoms. The smallest absolute Gasteiger partial charge is 0.412 e. The lowest BCUT2D eigenvalue weighted by atomic mass is 10.1. The fourth-order valence-corrected chi connectivity index (χ4v) is 1.82. The molecule has 110 valence electrons. The minimum absolute atomic E-state index is 0.295. The van der Waals surface area contributed by atoms with Gasteiger partial charge in [0, 0.05) is 10.0 Å². The number of ether oxygens (including phenoxy) is 1. The first kappa shape index (κ1) is 16.5. The fourth-order valence-electron chi connectivity index (χ4n) is 1.45. The summed E-state index contributed by atoms with van der Waals surface area (Å²) in [4.78, 5) is 22.7. The molecule has 6 nitrogen and oxygen atoms in total. The Hall–Kier alpha value is -1.60. The second-order valence-corrected chi connectivity index (χ2v) is 6.09. The highest BCUT2D eigenvalue weighted by Crippen LogP contribution is 2.26. The van der Waals surface area contributed by atoms with Crippen LogP contribution in [-0.4, -0.2) is 22.8 Å². The van der Waals surface area contributed by atoms with Gasteiger partial charge in [-0.3, -0.25) is 10.1 Å². The molecule has 1 amide bonds. The number of amides is 1. The van der Waals surface area contributed by atoms with E-state index in [-0.39, 0.29) is 0 Å². The molecule has 0 aromatic heterocycles. The van der Waals surface area contributed by atoms with E-state index in [1.807, 2.05) is 0 Å². The average Bonchev–Trinajstić information content (AvgIpc) is 2.25. The topological polar surface area (TPSA) is 102 Å². The monoisotopic (exact) mass is 344 g/mol. The minimum Gasteiger partial charge on any atom is -0.480 e. The molecule has 1 unspecified atom stereocenters. The number of carboxylic acid groups (broad SMARTS) is 1. The van der Waals surface area contributed by atoms with Crippen molar-refractivity contribution in [1.29, 1.82) is 0 Å². The lowest BCUT2D eigenvalue weighted by Gasteiger charge is -2.21. The van der Waals surface area contributed by atoms with Gasteiger partial charge in [-0.2, -0.15) is 0 Å². The van der Waals surface area contributed by atoms with Crippen molar-refractivity contribution in [2.45, 2.75) is 32.4 Å². The standard InChI is InChI=1S/C13H17BrN2O4/c1-13(2,3)20-12(19)16-9-6-7(14)4-5-8(9)10(15)11(17)18/h4-6,10H,15H2,1-3H3,(H,16,19)(H,17,18). The molecule has 0 aliphatic carbocycles. The molecule has 1 rings (SSSR count). The zero-order valence-corrected chi connectivity index (χ0v) is 13.0. The van der Waals surface area contributed by atoms with Gasteiger partial charge in [-0.15, -0.1) is 0 Å². The Morgan fingerprint density at radius 1 is 1.40 bits per heavy atom. The molecule has 1 atom stereocenters. The van der Waals surface area contributed by atoms with Crippen molar-refractivity contribution < 1.29 is 19.4 Å². The maximum atomic E-state index is 11.7. The van der Waals surface area contributed by atoms with Gasteiger partial charge in [0.05, 0.1) is 5.69 Å². The van der Waals surface area contributed by atoms with E-state index in [9.17, 15) is 9.59 Å². The van der Waals surface area contributed by atoms with Crippen LogP contribution in [0.1, 0.15) is 32.4 Å². The highest BCUT2D eigenvalue weighted by Gasteiger charge is 2.21. The van der Waals surface area contributed by atoms with Gasteiger partial charge in [0.25, 0.3) is 0 Å². The van der Waals surface area contributed by atoms with Crippen molar-refractivity contribution in [1.82, 2.24) is 0 Å². The van der Waals surface area contributed by atoms with Gasteiger partial charge in [0.15, 0.2) is 0 Å². The summed E-state index contributed by atoms with van der Waals surface area (Å²) in [5.41, 5.74) is 5.53. The number of nitrogens with one attached hydrogen (secondary N) is 1. The van der Waals surface area contributed by atoms with Crippen LogP contribution in [0.4, 0.5) is 10.5 Å². The summed E-state index contributed by atoms with van der Waals surface area (Å²) in [6.07, 6.45) is -0.672. The molecule has 0 spiro atoms. The van der Waals surface area contributed by atoms with Crippen molar-refractivity contribution >= 4 is 33.7 Å². The zero-order valence-electron chi connectivity index (χ0n) is 11.4. The lowest BCUT2D eigenvalue weighted by molar-refractivity contribution is -0.138. The quantitative estimate of drug-likeness (QED) is 0.782. The predicted octanol–water partition coefficient (Wildman–Crippen LogP) is 2.88. The Balaban J connectivity index is 3.01. The number of carboxylic acids is 1. The summed E-state index contributed by atoms with van der Waals surface area (Å²) in [7, 11) is 0. The normalized spacial score (nSPS) is 12.7.